The highest BCUT2D eigenvalue weighted by molar-refractivity contribution is 5.42. The molecule has 4 nitrogen and oxygen atoms in total. The Kier molecular flexibility index (Phi) is 5.10. The Labute approximate surface area is 102 Å². The van der Waals surface area contributed by atoms with Crippen LogP contribution in [0.5, 0.6) is 0 Å². The third-order valence-electron chi connectivity index (χ3n) is 2.99. The Morgan fingerprint density at radius 1 is 1.47 bits per heavy atom. The molecule has 1 rings (SSSR count). The fourth-order valence-corrected chi connectivity index (χ4v) is 2.03. The van der Waals surface area contributed by atoms with E-state index < -0.39 is 0 Å². The molecule has 0 aliphatic heterocycles. The number of rotatable bonds is 6. The topological polar surface area (TPSA) is 55.2 Å². The van der Waals surface area contributed by atoms with E-state index in [1.54, 1.807) is 13.0 Å². The van der Waals surface area contributed by atoms with E-state index in [0.29, 0.717) is 6.04 Å². The van der Waals surface area contributed by atoms with Crippen molar-refractivity contribution in [1.29, 1.82) is 0 Å². The zero-order valence-corrected chi connectivity index (χ0v) is 10.7. The summed E-state index contributed by atoms with van der Waals surface area (Å²) in [6, 6.07) is 5.81. The molecule has 1 N–H and O–H groups in total. The minimum atomic E-state index is -0.333. The summed E-state index contributed by atoms with van der Waals surface area (Å²) in [4.78, 5) is 10.4. The Morgan fingerprint density at radius 2 is 2.18 bits per heavy atom. The van der Waals surface area contributed by atoms with Crippen molar-refractivity contribution >= 4 is 5.69 Å². The number of benzene rings is 1. The highest BCUT2D eigenvalue weighted by Gasteiger charge is 2.12. The van der Waals surface area contributed by atoms with E-state index in [9.17, 15) is 10.1 Å². The lowest BCUT2D eigenvalue weighted by molar-refractivity contribution is -0.385. The zero-order valence-electron chi connectivity index (χ0n) is 10.7. The normalized spacial score (nSPS) is 12.4. The van der Waals surface area contributed by atoms with E-state index in [0.717, 1.165) is 30.4 Å². The van der Waals surface area contributed by atoms with Gasteiger partial charge in [-0.2, -0.15) is 0 Å². The van der Waals surface area contributed by atoms with E-state index in [1.807, 2.05) is 19.2 Å². The van der Waals surface area contributed by atoms with Gasteiger partial charge in [-0.1, -0.05) is 19.4 Å². The minimum absolute atomic E-state index is 0.199. The van der Waals surface area contributed by atoms with Gasteiger partial charge in [-0.25, -0.2) is 0 Å². The lowest BCUT2D eigenvalue weighted by Crippen LogP contribution is -2.27. The van der Waals surface area contributed by atoms with E-state index in [4.69, 9.17) is 0 Å². The van der Waals surface area contributed by atoms with Crippen LogP contribution in [-0.2, 0) is 6.42 Å². The van der Waals surface area contributed by atoms with Crippen LogP contribution < -0.4 is 5.32 Å². The third-order valence-corrected chi connectivity index (χ3v) is 2.99. The van der Waals surface area contributed by atoms with Crippen molar-refractivity contribution < 1.29 is 4.92 Å². The molecular weight excluding hydrogens is 216 g/mol. The maximum Gasteiger partial charge on any atom is 0.272 e. The molecule has 1 unspecified atom stereocenters. The number of hydrogen-bond donors (Lipinski definition) is 1. The molecular formula is C13H20N2O2. The number of nitrogens with zero attached hydrogens (tertiary/aromatic N) is 1. The van der Waals surface area contributed by atoms with Crippen LogP contribution in [0.4, 0.5) is 5.69 Å². The first-order chi connectivity index (χ1) is 8.08. The van der Waals surface area contributed by atoms with Crippen molar-refractivity contribution in [3.63, 3.8) is 0 Å². The highest BCUT2D eigenvalue weighted by atomic mass is 16.6. The molecule has 0 aromatic heterocycles. The van der Waals surface area contributed by atoms with Crippen LogP contribution in [0.3, 0.4) is 0 Å². The van der Waals surface area contributed by atoms with Crippen LogP contribution in [0, 0.1) is 17.0 Å². The quantitative estimate of drug-likeness (QED) is 0.610. The van der Waals surface area contributed by atoms with Gasteiger partial charge in [0.2, 0.25) is 0 Å². The molecule has 1 atom stereocenters. The summed E-state index contributed by atoms with van der Waals surface area (Å²) in [5.41, 5.74) is 2.09. The second-order valence-corrected chi connectivity index (χ2v) is 4.36. The van der Waals surface area contributed by atoms with Crippen LogP contribution in [-0.4, -0.2) is 18.0 Å². The van der Waals surface area contributed by atoms with Gasteiger partial charge in [-0.15, -0.1) is 0 Å². The van der Waals surface area contributed by atoms with Gasteiger partial charge in [-0.3, -0.25) is 10.1 Å². The maximum atomic E-state index is 10.7. The predicted molar refractivity (Wildman–Crippen MR) is 69.3 cm³/mol. The molecule has 1 aromatic carbocycles. The van der Waals surface area contributed by atoms with Gasteiger partial charge in [0, 0.05) is 17.7 Å². The first-order valence-corrected chi connectivity index (χ1v) is 5.99. The molecule has 0 spiro atoms. The van der Waals surface area contributed by atoms with Gasteiger partial charge >= 0.3 is 0 Å². The summed E-state index contributed by atoms with van der Waals surface area (Å²) in [5.74, 6) is 0. The molecule has 0 saturated heterocycles. The second kappa shape index (κ2) is 6.35. The molecule has 0 saturated carbocycles. The molecule has 94 valence electrons. The monoisotopic (exact) mass is 236 g/mol. The summed E-state index contributed by atoms with van der Waals surface area (Å²) in [5, 5.41) is 14.0. The maximum absolute atomic E-state index is 10.7. The van der Waals surface area contributed by atoms with Gasteiger partial charge in [-0.05, 0) is 38.4 Å². The minimum Gasteiger partial charge on any atom is -0.317 e. The average Bonchev–Trinajstić information content (AvgIpc) is 2.28. The number of nitro benzene ring substituents is 1. The summed E-state index contributed by atoms with van der Waals surface area (Å²) < 4.78 is 0. The Morgan fingerprint density at radius 3 is 2.65 bits per heavy atom. The Hall–Kier alpha value is -1.42. The second-order valence-electron chi connectivity index (χ2n) is 4.36. The van der Waals surface area contributed by atoms with Crippen LogP contribution in [0.15, 0.2) is 18.2 Å². The van der Waals surface area contributed by atoms with Crippen LogP contribution in [0.1, 0.15) is 30.9 Å². The lowest BCUT2D eigenvalue weighted by atomic mass is 10.00. The van der Waals surface area contributed by atoms with Crippen molar-refractivity contribution in [2.45, 2.75) is 39.2 Å². The number of likely N-dealkylation sites (N-methyl/N-ethyl adjacent to an activating group) is 1. The molecule has 4 heteroatoms. The van der Waals surface area contributed by atoms with Crippen LogP contribution >= 0.6 is 0 Å². The molecule has 0 fully saturated rings. The number of aryl methyl sites for hydroxylation is 1. The Bertz CT molecular complexity index is 391. The lowest BCUT2D eigenvalue weighted by Gasteiger charge is -2.15. The SMILES string of the molecule is CCCC(Cc1ccc([N+](=O)[O-])c(C)c1)NC. The van der Waals surface area contributed by atoms with E-state index in [-0.39, 0.29) is 10.6 Å². The van der Waals surface area contributed by atoms with Gasteiger partial charge in [0.25, 0.3) is 5.69 Å². The number of nitrogens with one attached hydrogen (secondary N) is 1. The third kappa shape index (κ3) is 3.82. The molecule has 0 radical (unpaired) electrons. The summed E-state index contributed by atoms with van der Waals surface area (Å²) >= 11 is 0. The summed E-state index contributed by atoms with van der Waals surface area (Å²) in [6.45, 7) is 3.95. The van der Waals surface area contributed by atoms with E-state index >= 15 is 0 Å². The van der Waals surface area contributed by atoms with Gasteiger partial charge < -0.3 is 5.32 Å². The smallest absolute Gasteiger partial charge is 0.272 e. The fraction of sp³-hybridized carbons (Fsp3) is 0.538. The van der Waals surface area contributed by atoms with Crippen molar-refractivity contribution in [3.8, 4) is 0 Å². The average molecular weight is 236 g/mol. The summed E-state index contributed by atoms with van der Waals surface area (Å²) in [7, 11) is 1.96. The van der Waals surface area contributed by atoms with Gasteiger partial charge in [0.1, 0.15) is 0 Å². The van der Waals surface area contributed by atoms with Crippen LogP contribution in [0.25, 0.3) is 0 Å². The van der Waals surface area contributed by atoms with Gasteiger partial charge in [0.15, 0.2) is 0 Å². The number of hydrogen-bond acceptors (Lipinski definition) is 3. The highest BCUT2D eigenvalue weighted by Crippen LogP contribution is 2.20. The van der Waals surface area contributed by atoms with E-state index in [1.165, 1.54) is 0 Å². The molecule has 0 aliphatic carbocycles. The van der Waals surface area contributed by atoms with Crippen LogP contribution in [0.2, 0.25) is 0 Å². The van der Waals surface area contributed by atoms with Crippen molar-refractivity contribution in [1.82, 2.24) is 5.32 Å². The molecule has 0 bridgehead atoms. The van der Waals surface area contributed by atoms with E-state index in [2.05, 4.69) is 12.2 Å². The first kappa shape index (κ1) is 13.6. The largest absolute Gasteiger partial charge is 0.317 e. The number of nitro groups is 1. The molecule has 0 amide bonds. The standard InChI is InChI=1S/C13H20N2O2/c1-4-5-12(14-3)9-11-6-7-13(15(16)17)10(2)8-11/h6-8,12,14H,4-5,9H2,1-3H3. The molecule has 1 aromatic rings. The first-order valence-electron chi connectivity index (χ1n) is 5.99. The molecule has 0 aliphatic rings. The molecule has 17 heavy (non-hydrogen) atoms. The van der Waals surface area contributed by atoms with Crippen molar-refractivity contribution in [3.05, 3.63) is 39.4 Å². The zero-order chi connectivity index (χ0) is 12.8. The van der Waals surface area contributed by atoms with Crippen molar-refractivity contribution in [2.75, 3.05) is 7.05 Å². The van der Waals surface area contributed by atoms with Gasteiger partial charge in [0.05, 0.1) is 4.92 Å². The molecule has 0 heterocycles. The summed E-state index contributed by atoms with van der Waals surface area (Å²) in [6.07, 6.45) is 3.17. The predicted octanol–water partition coefficient (Wildman–Crippen LogP) is 2.83. The fourth-order valence-electron chi connectivity index (χ4n) is 2.03. The van der Waals surface area contributed by atoms with Crippen molar-refractivity contribution in [2.24, 2.45) is 0 Å². The Balaban J connectivity index is 2.79.